The summed E-state index contributed by atoms with van der Waals surface area (Å²) in [7, 11) is 1.97. The number of carbonyl (C=O) groups excluding carboxylic acids is 1. The molecular weight excluding hydrogens is 214 g/mol. The molecule has 0 N–H and O–H groups in total. The number of hydrogen-bond acceptors (Lipinski definition) is 2. The molecule has 1 heterocycles. The van der Waals surface area contributed by atoms with E-state index in [1.807, 2.05) is 36.7 Å². The van der Waals surface area contributed by atoms with E-state index in [9.17, 15) is 4.79 Å². The minimum absolute atomic E-state index is 0.702. The molecule has 90 valence electrons. The lowest BCUT2D eigenvalue weighted by Gasteiger charge is -2.04. The van der Waals surface area contributed by atoms with Crippen LogP contribution in [0.25, 0.3) is 10.9 Å². The van der Waals surface area contributed by atoms with E-state index in [1.54, 1.807) is 0 Å². The van der Waals surface area contributed by atoms with Crippen molar-refractivity contribution in [3.05, 3.63) is 29.5 Å². The van der Waals surface area contributed by atoms with Gasteiger partial charge in [0.15, 0.2) is 6.29 Å². The molecule has 1 aromatic carbocycles. The second-order valence-corrected chi connectivity index (χ2v) is 4.20. The number of carbonyl (C=O) groups is 1. The van der Waals surface area contributed by atoms with Crippen molar-refractivity contribution in [1.82, 2.24) is 4.57 Å². The van der Waals surface area contributed by atoms with E-state index < -0.39 is 0 Å². The molecule has 2 rings (SSSR count). The third kappa shape index (κ3) is 1.93. The number of fused-ring (bicyclic) bond motifs is 1. The fourth-order valence-electron chi connectivity index (χ4n) is 2.04. The smallest absolute Gasteiger partial charge is 0.152 e. The Hall–Kier alpha value is -1.77. The van der Waals surface area contributed by atoms with E-state index >= 15 is 0 Å². The highest BCUT2D eigenvalue weighted by Gasteiger charge is 2.11. The SMILES string of the molecule is CCCOc1ccc2c(c1)c(C=O)c(C)n2C. The van der Waals surface area contributed by atoms with Crippen molar-refractivity contribution < 1.29 is 9.53 Å². The van der Waals surface area contributed by atoms with Gasteiger partial charge in [-0.2, -0.15) is 0 Å². The normalized spacial score (nSPS) is 10.8. The number of aldehydes is 1. The topological polar surface area (TPSA) is 31.2 Å². The number of ether oxygens (including phenoxy) is 1. The number of aryl methyl sites for hydroxylation is 1. The summed E-state index contributed by atoms with van der Waals surface area (Å²) in [4.78, 5) is 11.1. The second-order valence-electron chi connectivity index (χ2n) is 4.20. The summed E-state index contributed by atoms with van der Waals surface area (Å²) in [6, 6.07) is 5.90. The predicted octanol–water partition coefficient (Wildman–Crippen LogP) is 3.09. The number of rotatable bonds is 4. The zero-order chi connectivity index (χ0) is 12.4. The first-order chi connectivity index (χ1) is 8.19. The summed E-state index contributed by atoms with van der Waals surface area (Å²) < 4.78 is 7.62. The molecule has 0 amide bonds. The highest BCUT2D eigenvalue weighted by molar-refractivity contribution is 5.99. The van der Waals surface area contributed by atoms with Crippen LogP contribution >= 0.6 is 0 Å². The van der Waals surface area contributed by atoms with Gasteiger partial charge in [0.1, 0.15) is 5.75 Å². The largest absolute Gasteiger partial charge is 0.494 e. The maximum Gasteiger partial charge on any atom is 0.152 e. The lowest BCUT2D eigenvalue weighted by Crippen LogP contribution is -1.94. The van der Waals surface area contributed by atoms with Crippen LogP contribution in [0.2, 0.25) is 0 Å². The van der Waals surface area contributed by atoms with E-state index in [1.165, 1.54) is 0 Å². The van der Waals surface area contributed by atoms with Crippen molar-refractivity contribution in [2.24, 2.45) is 7.05 Å². The molecule has 0 aliphatic carbocycles. The van der Waals surface area contributed by atoms with Gasteiger partial charge in [-0.15, -0.1) is 0 Å². The highest BCUT2D eigenvalue weighted by Crippen LogP contribution is 2.27. The molecule has 0 aliphatic rings. The molecule has 17 heavy (non-hydrogen) atoms. The quantitative estimate of drug-likeness (QED) is 0.757. The Morgan fingerprint density at radius 1 is 1.41 bits per heavy atom. The Balaban J connectivity index is 2.55. The lowest BCUT2D eigenvalue weighted by atomic mass is 10.1. The average molecular weight is 231 g/mol. The number of aromatic nitrogens is 1. The van der Waals surface area contributed by atoms with Crippen molar-refractivity contribution in [3.63, 3.8) is 0 Å². The lowest BCUT2D eigenvalue weighted by molar-refractivity contribution is 0.112. The first-order valence-corrected chi connectivity index (χ1v) is 5.86. The van der Waals surface area contributed by atoms with Crippen molar-refractivity contribution in [3.8, 4) is 5.75 Å². The first kappa shape index (κ1) is 11.7. The third-order valence-corrected chi connectivity index (χ3v) is 3.10. The van der Waals surface area contributed by atoms with Crippen LogP contribution in [0, 0.1) is 6.92 Å². The molecule has 3 nitrogen and oxygen atoms in total. The molecular formula is C14H17NO2. The van der Waals surface area contributed by atoms with Crippen LogP contribution in [0.1, 0.15) is 29.4 Å². The van der Waals surface area contributed by atoms with Crippen LogP contribution in [0.5, 0.6) is 5.75 Å². The molecule has 0 fully saturated rings. The average Bonchev–Trinajstić information content (AvgIpc) is 2.59. The van der Waals surface area contributed by atoms with Crippen LogP contribution in [-0.2, 0) is 7.05 Å². The Bertz CT molecular complexity index is 555. The minimum atomic E-state index is 0.702. The molecule has 0 aliphatic heterocycles. The summed E-state index contributed by atoms with van der Waals surface area (Å²) in [6.07, 6.45) is 1.90. The van der Waals surface area contributed by atoms with Crippen molar-refractivity contribution in [2.75, 3.05) is 6.61 Å². The Labute approximate surface area is 101 Å². The van der Waals surface area contributed by atoms with Crippen molar-refractivity contribution >= 4 is 17.2 Å². The van der Waals surface area contributed by atoms with Gasteiger partial charge < -0.3 is 9.30 Å². The summed E-state index contributed by atoms with van der Waals surface area (Å²) >= 11 is 0. The molecule has 0 saturated carbocycles. The van der Waals surface area contributed by atoms with Gasteiger partial charge >= 0.3 is 0 Å². The van der Waals surface area contributed by atoms with Crippen molar-refractivity contribution in [1.29, 1.82) is 0 Å². The Morgan fingerprint density at radius 3 is 2.82 bits per heavy atom. The predicted molar refractivity (Wildman–Crippen MR) is 68.8 cm³/mol. The second kappa shape index (κ2) is 4.62. The van der Waals surface area contributed by atoms with E-state index in [2.05, 4.69) is 6.92 Å². The molecule has 0 radical (unpaired) electrons. The molecule has 2 aromatic rings. The Kier molecular flexibility index (Phi) is 3.18. The van der Waals surface area contributed by atoms with E-state index in [0.29, 0.717) is 6.61 Å². The van der Waals surface area contributed by atoms with Gasteiger partial charge in [-0.1, -0.05) is 6.92 Å². The highest BCUT2D eigenvalue weighted by atomic mass is 16.5. The van der Waals surface area contributed by atoms with Gasteiger partial charge in [-0.3, -0.25) is 4.79 Å². The molecule has 0 unspecified atom stereocenters. The van der Waals surface area contributed by atoms with Gasteiger partial charge in [0.05, 0.1) is 6.61 Å². The maximum atomic E-state index is 11.1. The number of hydrogen-bond donors (Lipinski definition) is 0. The van der Waals surface area contributed by atoms with Crippen LogP contribution in [-0.4, -0.2) is 17.5 Å². The van der Waals surface area contributed by atoms with Crippen molar-refractivity contribution in [2.45, 2.75) is 20.3 Å². The van der Waals surface area contributed by atoms with E-state index in [4.69, 9.17) is 4.74 Å². The molecule has 0 bridgehead atoms. The minimum Gasteiger partial charge on any atom is -0.494 e. The molecule has 3 heteroatoms. The van der Waals surface area contributed by atoms with Crippen LogP contribution in [0.3, 0.4) is 0 Å². The zero-order valence-electron chi connectivity index (χ0n) is 10.5. The Morgan fingerprint density at radius 2 is 2.18 bits per heavy atom. The summed E-state index contributed by atoms with van der Waals surface area (Å²) in [6.45, 7) is 4.73. The fraction of sp³-hybridized carbons (Fsp3) is 0.357. The van der Waals surface area contributed by atoms with E-state index in [-0.39, 0.29) is 0 Å². The first-order valence-electron chi connectivity index (χ1n) is 5.86. The maximum absolute atomic E-state index is 11.1. The molecule has 1 aromatic heterocycles. The van der Waals surface area contributed by atoms with Crippen LogP contribution < -0.4 is 4.74 Å². The molecule has 0 atom stereocenters. The standard InChI is InChI=1S/C14H17NO2/c1-4-7-17-11-5-6-14-12(8-11)13(9-16)10(2)15(14)3/h5-6,8-9H,4,7H2,1-3H3. The van der Waals surface area contributed by atoms with Crippen LogP contribution in [0.15, 0.2) is 18.2 Å². The van der Waals surface area contributed by atoms with Gasteiger partial charge in [-0.05, 0) is 31.5 Å². The summed E-state index contributed by atoms with van der Waals surface area (Å²) in [5, 5.41) is 0.966. The summed E-state index contributed by atoms with van der Waals surface area (Å²) in [5.41, 5.74) is 2.81. The van der Waals surface area contributed by atoms with Gasteiger partial charge in [0, 0.05) is 29.2 Å². The fourth-order valence-corrected chi connectivity index (χ4v) is 2.04. The monoisotopic (exact) mass is 231 g/mol. The zero-order valence-corrected chi connectivity index (χ0v) is 10.5. The number of benzene rings is 1. The van der Waals surface area contributed by atoms with Crippen LogP contribution in [0.4, 0.5) is 0 Å². The number of nitrogens with zero attached hydrogens (tertiary/aromatic N) is 1. The molecule has 0 spiro atoms. The summed E-state index contributed by atoms with van der Waals surface area (Å²) in [5.74, 6) is 0.827. The van der Waals surface area contributed by atoms with Gasteiger partial charge in [0.25, 0.3) is 0 Å². The third-order valence-electron chi connectivity index (χ3n) is 3.10. The van der Waals surface area contributed by atoms with Gasteiger partial charge in [0.2, 0.25) is 0 Å². The molecule has 0 saturated heterocycles. The van der Waals surface area contributed by atoms with E-state index in [0.717, 1.165) is 40.6 Å². The van der Waals surface area contributed by atoms with Gasteiger partial charge in [-0.25, -0.2) is 0 Å².